The number of hydrogen-bond donors (Lipinski definition) is 2. The molecule has 1 heterocycles. The summed E-state index contributed by atoms with van der Waals surface area (Å²) in [4.78, 5) is 60.1. The van der Waals surface area contributed by atoms with Crippen molar-refractivity contribution in [3.8, 4) is 0 Å². The Bertz CT molecular complexity index is 857. The first-order chi connectivity index (χ1) is 13.8. The Morgan fingerprint density at radius 1 is 1.14 bits per heavy atom. The van der Waals surface area contributed by atoms with E-state index in [4.69, 9.17) is 5.11 Å². The second-order valence-electron chi connectivity index (χ2n) is 7.75. The highest BCUT2D eigenvalue weighted by molar-refractivity contribution is 6.07. The molecule has 0 bridgehead atoms. The van der Waals surface area contributed by atoms with E-state index in [0.717, 1.165) is 23.3 Å². The van der Waals surface area contributed by atoms with Crippen LogP contribution in [0.3, 0.4) is 0 Å². The van der Waals surface area contributed by atoms with Crippen LogP contribution in [-0.2, 0) is 19.2 Å². The SMILES string of the molecule is Cc1ccc(C2CCC(C(=O)O)CC2)cc1C(=O)N(C=O)C1CCC(=O)NC1=O. The van der Waals surface area contributed by atoms with E-state index in [9.17, 15) is 24.0 Å². The number of rotatable bonds is 5. The minimum atomic E-state index is -1.01. The fourth-order valence-corrected chi connectivity index (χ4v) is 4.15. The van der Waals surface area contributed by atoms with Crippen molar-refractivity contribution >= 4 is 30.1 Å². The van der Waals surface area contributed by atoms with Gasteiger partial charge in [0.05, 0.1) is 5.92 Å². The second-order valence-corrected chi connectivity index (χ2v) is 7.75. The molecule has 1 aliphatic heterocycles. The number of nitrogens with one attached hydrogen (secondary N) is 1. The number of aliphatic carboxylic acids is 1. The molecule has 29 heavy (non-hydrogen) atoms. The first kappa shape index (κ1) is 20.7. The van der Waals surface area contributed by atoms with Crippen molar-refractivity contribution in [2.45, 2.75) is 57.4 Å². The Labute approximate surface area is 168 Å². The van der Waals surface area contributed by atoms with Crippen molar-refractivity contribution < 1.29 is 29.1 Å². The molecule has 8 nitrogen and oxygen atoms in total. The lowest BCUT2D eigenvalue weighted by Crippen LogP contribution is -2.53. The molecule has 8 heteroatoms. The average Bonchev–Trinajstić information content (AvgIpc) is 2.70. The van der Waals surface area contributed by atoms with E-state index >= 15 is 0 Å². The predicted molar refractivity (Wildman–Crippen MR) is 102 cm³/mol. The van der Waals surface area contributed by atoms with E-state index in [1.54, 1.807) is 19.1 Å². The molecule has 2 aliphatic rings. The molecule has 1 aromatic carbocycles. The maximum Gasteiger partial charge on any atom is 0.306 e. The summed E-state index contributed by atoms with van der Waals surface area (Å²) in [7, 11) is 0. The Balaban J connectivity index is 1.80. The van der Waals surface area contributed by atoms with Crippen LogP contribution in [0.5, 0.6) is 0 Å². The van der Waals surface area contributed by atoms with Crippen LogP contribution in [0.25, 0.3) is 0 Å². The molecule has 3 rings (SSSR count). The number of nitrogens with zero attached hydrogens (tertiary/aromatic N) is 1. The molecule has 1 atom stereocenters. The number of aryl methyl sites for hydroxylation is 1. The van der Waals surface area contributed by atoms with Crippen LogP contribution in [0.15, 0.2) is 18.2 Å². The zero-order valence-corrected chi connectivity index (χ0v) is 16.2. The third kappa shape index (κ3) is 4.36. The first-order valence-electron chi connectivity index (χ1n) is 9.76. The molecule has 1 unspecified atom stereocenters. The molecule has 154 valence electrons. The van der Waals surface area contributed by atoms with Crippen molar-refractivity contribution in [2.24, 2.45) is 5.92 Å². The summed E-state index contributed by atoms with van der Waals surface area (Å²) in [6.07, 6.45) is 3.14. The summed E-state index contributed by atoms with van der Waals surface area (Å²) in [5.41, 5.74) is 1.94. The van der Waals surface area contributed by atoms with Crippen LogP contribution >= 0.6 is 0 Å². The largest absolute Gasteiger partial charge is 0.481 e. The van der Waals surface area contributed by atoms with E-state index < -0.39 is 29.7 Å². The van der Waals surface area contributed by atoms with Crippen molar-refractivity contribution in [1.82, 2.24) is 10.2 Å². The van der Waals surface area contributed by atoms with Gasteiger partial charge in [0.1, 0.15) is 6.04 Å². The number of carbonyl (C=O) groups is 5. The fraction of sp³-hybridized carbons (Fsp3) is 0.476. The van der Waals surface area contributed by atoms with E-state index in [-0.39, 0.29) is 24.7 Å². The molecule has 2 fully saturated rings. The topological polar surface area (TPSA) is 121 Å². The molecular weight excluding hydrogens is 376 g/mol. The van der Waals surface area contributed by atoms with E-state index in [2.05, 4.69) is 5.32 Å². The van der Waals surface area contributed by atoms with Gasteiger partial charge >= 0.3 is 5.97 Å². The highest BCUT2D eigenvalue weighted by Crippen LogP contribution is 2.36. The van der Waals surface area contributed by atoms with E-state index in [0.29, 0.717) is 30.4 Å². The third-order valence-electron chi connectivity index (χ3n) is 5.93. The molecule has 0 aromatic heterocycles. The van der Waals surface area contributed by atoms with Crippen molar-refractivity contribution in [2.75, 3.05) is 0 Å². The van der Waals surface area contributed by atoms with Crippen LogP contribution in [-0.4, -0.2) is 46.1 Å². The van der Waals surface area contributed by atoms with Gasteiger partial charge < -0.3 is 5.11 Å². The third-order valence-corrected chi connectivity index (χ3v) is 5.93. The minimum Gasteiger partial charge on any atom is -0.481 e. The smallest absolute Gasteiger partial charge is 0.306 e. The average molecular weight is 400 g/mol. The number of imide groups is 2. The molecule has 2 N–H and O–H groups in total. The normalized spacial score (nSPS) is 24.5. The van der Waals surface area contributed by atoms with Crippen LogP contribution < -0.4 is 5.32 Å². The van der Waals surface area contributed by atoms with Gasteiger partial charge in [-0.25, -0.2) is 0 Å². The summed E-state index contributed by atoms with van der Waals surface area (Å²) in [5.74, 6) is -2.58. The van der Waals surface area contributed by atoms with Crippen LogP contribution in [0.4, 0.5) is 0 Å². The summed E-state index contributed by atoms with van der Waals surface area (Å²) in [5, 5.41) is 11.3. The Morgan fingerprint density at radius 2 is 1.83 bits per heavy atom. The number of benzene rings is 1. The van der Waals surface area contributed by atoms with Gasteiger partial charge in [-0.15, -0.1) is 0 Å². The maximum absolute atomic E-state index is 13.1. The van der Waals surface area contributed by atoms with Gasteiger partial charge in [-0.3, -0.25) is 34.2 Å². The Morgan fingerprint density at radius 3 is 2.41 bits per heavy atom. The van der Waals surface area contributed by atoms with Gasteiger partial charge in [0.25, 0.3) is 5.91 Å². The zero-order valence-electron chi connectivity index (χ0n) is 16.2. The number of piperidine rings is 1. The van der Waals surface area contributed by atoms with Crippen molar-refractivity contribution in [3.63, 3.8) is 0 Å². The first-order valence-corrected chi connectivity index (χ1v) is 9.76. The van der Waals surface area contributed by atoms with Crippen molar-refractivity contribution in [1.29, 1.82) is 0 Å². The quantitative estimate of drug-likeness (QED) is 0.574. The number of hydrogen-bond acceptors (Lipinski definition) is 5. The molecule has 4 amide bonds. The lowest BCUT2D eigenvalue weighted by Gasteiger charge is -2.29. The van der Waals surface area contributed by atoms with Crippen LogP contribution in [0, 0.1) is 12.8 Å². The van der Waals surface area contributed by atoms with Crippen molar-refractivity contribution in [3.05, 3.63) is 34.9 Å². The van der Waals surface area contributed by atoms with E-state index in [1.165, 1.54) is 0 Å². The minimum absolute atomic E-state index is 0.0693. The molecule has 1 aromatic rings. The summed E-state index contributed by atoms with van der Waals surface area (Å²) >= 11 is 0. The van der Waals surface area contributed by atoms with Crippen LogP contribution in [0.2, 0.25) is 0 Å². The summed E-state index contributed by atoms with van der Waals surface area (Å²) in [6.45, 7) is 1.76. The van der Waals surface area contributed by atoms with E-state index in [1.807, 2.05) is 6.07 Å². The highest BCUT2D eigenvalue weighted by atomic mass is 16.4. The molecule has 0 radical (unpaired) electrons. The summed E-state index contributed by atoms with van der Waals surface area (Å²) in [6, 6.07) is 4.46. The predicted octanol–water partition coefficient (Wildman–Crippen LogP) is 1.76. The lowest BCUT2D eigenvalue weighted by atomic mass is 9.78. The highest BCUT2D eigenvalue weighted by Gasteiger charge is 2.35. The zero-order chi connectivity index (χ0) is 21.1. The van der Waals surface area contributed by atoms with Gasteiger partial charge in [0.2, 0.25) is 18.2 Å². The van der Waals surface area contributed by atoms with Gasteiger partial charge in [-0.1, -0.05) is 12.1 Å². The molecule has 1 aliphatic carbocycles. The Kier molecular flexibility index (Phi) is 6.10. The molecule has 1 saturated heterocycles. The van der Waals surface area contributed by atoms with Gasteiger partial charge in [-0.2, -0.15) is 0 Å². The standard InChI is InChI=1S/C21H24N2O6/c1-12-2-3-15(13-4-6-14(7-5-13)21(28)29)10-16(12)20(27)23(11-24)17-8-9-18(25)22-19(17)26/h2-3,10-11,13-14,17H,4-9H2,1H3,(H,28,29)(H,22,25,26). The molecule has 1 saturated carbocycles. The fourth-order valence-electron chi connectivity index (χ4n) is 4.15. The number of amides is 4. The number of carboxylic acid groups (broad SMARTS) is 1. The maximum atomic E-state index is 13.1. The summed E-state index contributed by atoms with van der Waals surface area (Å²) < 4.78 is 0. The second kappa shape index (κ2) is 8.55. The lowest BCUT2D eigenvalue weighted by molar-refractivity contribution is -0.143. The molecule has 0 spiro atoms. The monoisotopic (exact) mass is 400 g/mol. The number of carbonyl (C=O) groups excluding carboxylic acids is 4. The van der Waals surface area contributed by atoms with Gasteiger partial charge in [0, 0.05) is 12.0 Å². The molecular formula is C21H24N2O6. The Hall–Kier alpha value is -3.03. The van der Waals surface area contributed by atoms with Gasteiger partial charge in [0.15, 0.2) is 0 Å². The number of carboxylic acids is 1. The van der Waals surface area contributed by atoms with Crippen LogP contribution in [0.1, 0.15) is 65.9 Å². The van der Waals surface area contributed by atoms with Gasteiger partial charge in [-0.05, 0) is 62.1 Å².